The maximum atomic E-state index is 12.9. The van der Waals surface area contributed by atoms with Gasteiger partial charge in [0.1, 0.15) is 6.20 Å². The Morgan fingerprint density at radius 2 is 1.76 bits per heavy atom. The molecule has 0 bridgehead atoms. The van der Waals surface area contributed by atoms with Crippen molar-refractivity contribution < 1.29 is 22.9 Å². The lowest BCUT2D eigenvalue weighted by molar-refractivity contribution is -0.380. The number of anilines is 2. The van der Waals surface area contributed by atoms with Crippen molar-refractivity contribution in [1.29, 1.82) is 0 Å². The van der Waals surface area contributed by atoms with E-state index in [-0.39, 0.29) is 5.69 Å². The molecule has 0 aliphatic rings. The van der Waals surface area contributed by atoms with E-state index in [4.69, 9.17) is 0 Å². The predicted octanol–water partition coefficient (Wildman–Crippen LogP) is 6.17. The van der Waals surface area contributed by atoms with Crippen LogP contribution in [0.5, 0.6) is 0 Å². The summed E-state index contributed by atoms with van der Waals surface area (Å²) in [6.07, 6.45) is -0.990. The SMILES string of the molecule is Cc1ccc(NC(=O)Nc2cccc(C(F)(F)F)c2)cc1-c1ccc2[nH]c3nc[nH+]cc3c2c1. The highest BCUT2D eigenvalue weighted by atomic mass is 19.4. The van der Waals surface area contributed by atoms with Crippen LogP contribution in [0.1, 0.15) is 11.1 Å². The zero-order valence-corrected chi connectivity index (χ0v) is 17.9. The number of nitrogens with zero attached hydrogens (tertiary/aromatic N) is 1. The van der Waals surface area contributed by atoms with Crippen molar-refractivity contribution in [3.05, 3.63) is 84.3 Å². The van der Waals surface area contributed by atoms with E-state index in [9.17, 15) is 18.0 Å². The normalized spacial score (nSPS) is 11.6. The number of alkyl halides is 3. The van der Waals surface area contributed by atoms with E-state index in [0.717, 1.165) is 50.8 Å². The molecule has 0 radical (unpaired) electrons. The molecule has 9 heteroatoms. The molecule has 0 saturated carbocycles. The molecule has 0 saturated heterocycles. The number of carbonyl (C=O) groups excluding carboxylic acids is 1. The Balaban J connectivity index is 1.41. The van der Waals surface area contributed by atoms with E-state index in [1.165, 1.54) is 12.1 Å². The van der Waals surface area contributed by atoms with E-state index in [1.807, 2.05) is 37.4 Å². The minimum absolute atomic E-state index is 0.0508. The maximum absolute atomic E-state index is 12.9. The number of aromatic amines is 2. The number of H-pyrrole nitrogens is 2. The van der Waals surface area contributed by atoms with Crippen LogP contribution < -0.4 is 15.6 Å². The van der Waals surface area contributed by atoms with Crippen LogP contribution in [0.4, 0.5) is 29.3 Å². The molecule has 5 rings (SSSR count). The van der Waals surface area contributed by atoms with Gasteiger partial charge in [-0.2, -0.15) is 13.2 Å². The standard InChI is InChI=1S/C25H18F3N5O/c1-14-5-7-18(32-24(34)31-17-4-2-3-16(10-17)25(26,27)28)11-19(14)15-6-8-22-20(9-15)21-12-29-13-30-23(21)33-22/h2-13H,1H3,(H,29,30,33)(H2,31,32,34)/p+1. The highest BCUT2D eigenvalue weighted by Gasteiger charge is 2.30. The van der Waals surface area contributed by atoms with Crippen molar-refractivity contribution in [3.8, 4) is 11.1 Å². The first-order valence-electron chi connectivity index (χ1n) is 10.4. The number of carbonyl (C=O) groups is 1. The average molecular weight is 462 g/mol. The lowest BCUT2D eigenvalue weighted by Gasteiger charge is -2.13. The maximum Gasteiger partial charge on any atom is 0.416 e. The topological polar surface area (TPSA) is 84.0 Å². The van der Waals surface area contributed by atoms with Gasteiger partial charge in [0.15, 0.2) is 0 Å². The highest BCUT2D eigenvalue weighted by Crippen LogP contribution is 2.32. The average Bonchev–Trinajstić information content (AvgIpc) is 3.18. The third-order valence-corrected chi connectivity index (χ3v) is 5.57. The summed E-state index contributed by atoms with van der Waals surface area (Å²) in [5.41, 5.74) is 4.35. The fourth-order valence-corrected chi connectivity index (χ4v) is 3.91. The number of rotatable bonds is 3. The summed E-state index contributed by atoms with van der Waals surface area (Å²) in [6, 6.07) is 15.3. The molecular formula is C25H19F3N5O+. The summed E-state index contributed by atoms with van der Waals surface area (Å²) in [5.74, 6) is 0. The summed E-state index contributed by atoms with van der Waals surface area (Å²) in [6.45, 7) is 1.97. The molecular weight excluding hydrogens is 443 g/mol. The molecule has 170 valence electrons. The number of nitrogens with one attached hydrogen (secondary N) is 4. The fourth-order valence-electron chi connectivity index (χ4n) is 3.91. The van der Waals surface area contributed by atoms with Gasteiger partial charge in [-0.15, -0.1) is 0 Å². The first-order valence-corrected chi connectivity index (χ1v) is 10.4. The largest absolute Gasteiger partial charge is 0.416 e. The zero-order valence-electron chi connectivity index (χ0n) is 17.9. The minimum atomic E-state index is -4.49. The van der Waals surface area contributed by atoms with Crippen molar-refractivity contribution in [2.75, 3.05) is 10.6 Å². The van der Waals surface area contributed by atoms with Gasteiger partial charge < -0.3 is 15.6 Å². The van der Waals surface area contributed by atoms with Gasteiger partial charge in [-0.05, 0) is 71.1 Å². The second-order valence-electron chi connectivity index (χ2n) is 7.90. The van der Waals surface area contributed by atoms with E-state index < -0.39 is 17.8 Å². The summed E-state index contributed by atoms with van der Waals surface area (Å²) < 4.78 is 38.8. The molecule has 2 amide bonds. The van der Waals surface area contributed by atoms with Crippen LogP contribution in [0.25, 0.3) is 33.1 Å². The van der Waals surface area contributed by atoms with Crippen LogP contribution in [0.15, 0.2) is 73.2 Å². The third kappa shape index (κ3) is 4.15. The molecule has 0 aliphatic carbocycles. The van der Waals surface area contributed by atoms with Crippen LogP contribution in [0, 0.1) is 6.92 Å². The van der Waals surface area contributed by atoms with Gasteiger partial charge in [-0.1, -0.05) is 18.2 Å². The van der Waals surface area contributed by atoms with Crippen molar-refractivity contribution in [1.82, 2.24) is 9.97 Å². The smallest absolute Gasteiger partial charge is 0.318 e. The Morgan fingerprint density at radius 1 is 0.971 bits per heavy atom. The Hall–Kier alpha value is -4.40. The van der Waals surface area contributed by atoms with E-state index in [1.54, 1.807) is 12.4 Å². The lowest BCUT2D eigenvalue weighted by Crippen LogP contribution is -2.19. The molecule has 3 aromatic carbocycles. The second-order valence-corrected chi connectivity index (χ2v) is 7.90. The van der Waals surface area contributed by atoms with Gasteiger partial charge >= 0.3 is 12.2 Å². The summed E-state index contributed by atoms with van der Waals surface area (Å²) in [7, 11) is 0. The summed E-state index contributed by atoms with van der Waals surface area (Å²) in [4.78, 5) is 23.0. The van der Waals surface area contributed by atoms with Crippen LogP contribution in [-0.2, 0) is 6.18 Å². The highest BCUT2D eigenvalue weighted by molar-refractivity contribution is 6.07. The van der Waals surface area contributed by atoms with E-state index >= 15 is 0 Å². The summed E-state index contributed by atoms with van der Waals surface area (Å²) >= 11 is 0. The molecule has 4 N–H and O–H groups in total. The number of hydrogen-bond acceptors (Lipinski definition) is 2. The fraction of sp³-hybridized carbons (Fsp3) is 0.0800. The van der Waals surface area contributed by atoms with Crippen molar-refractivity contribution in [3.63, 3.8) is 0 Å². The predicted molar refractivity (Wildman–Crippen MR) is 124 cm³/mol. The van der Waals surface area contributed by atoms with Gasteiger partial charge in [0, 0.05) is 22.3 Å². The number of urea groups is 1. The molecule has 6 nitrogen and oxygen atoms in total. The number of halogens is 3. The molecule has 34 heavy (non-hydrogen) atoms. The Kier molecular flexibility index (Phi) is 5.16. The Labute approximate surface area is 191 Å². The molecule has 0 fully saturated rings. The van der Waals surface area contributed by atoms with Crippen LogP contribution in [-0.4, -0.2) is 16.0 Å². The molecule has 0 unspecified atom stereocenters. The van der Waals surface area contributed by atoms with Gasteiger partial charge in [-0.3, -0.25) is 0 Å². The molecule has 2 heterocycles. The second kappa shape index (κ2) is 8.18. The van der Waals surface area contributed by atoms with Gasteiger partial charge in [0.2, 0.25) is 0 Å². The third-order valence-electron chi connectivity index (χ3n) is 5.57. The number of aromatic nitrogens is 3. The van der Waals surface area contributed by atoms with E-state index in [0.29, 0.717) is 5.69 Å². The quantitative estimate of drug-likeness (QED) is 0.300. The first-order chi connectivity index (χ1) is 16.3. The zero-order chi connectivity index (χ0) is 23.9. The monoisotopic (exact) mass is 462 g/mol. The number of amides is 2. The van der Waals surface area contributed by atoms with Crippen molar-refractivity contribution >= 4 is 39.3 Å². The van der Waals surface area contributed by atoms with Crippen molar-refractivity contribution in [2.24, 2.45) is 0 Å². The molecule has 5 aromatic rings. The lowest BCUT2D eigenvalue weighted by atomic mass is 9.98. The molecule has 2 aromatic heterocycles. The van der Waals surface area contributed by atoms with Crippen LogP contribution >= 0.6 is 0 Å². The van der Waals surface area contributed by atoms with Gasteiger partial charge in [0.05, 0.1) is 10.9 Å². The van der Waals surface area contributed by atoms with Crippen LogP contribution in [0.2, 0.25) is 0 Å². The molecule has 0 atom stereocenters. The Morgan fingerprint density at radius 3 is 2.56 bits per heavy atom. The van der Waals surface area contributed by atoms with E-state index in [2.05, 4.69) is 31.7 Å². The van der Waals surface area contributed by atoms with Crippen molar-refractivity contribution in [2.45, 2.75) is 13.1 Å². The number of benzene rings is 3. The van der Waals surface area contributed by atoms with Gasteiger partial charge in [0.25, 0.3) is 12.0 Å². The molecule has 0 aliphatic heterocycles. The van der Waals surface area contributed by atoms with Gasteiger partial charge in [-0.25, -0.2) is 9.78 Å². The van der Waals surface area contributed by atoms with Crippen LogP contribution in [0.3, 0.4) is 0 Å². The Bertz CT molecular complexity index is 1540. The molecule has 0 spiro atoms. The summed E-state index contributed by atoms with van der Waals surface area (Å²) in [5, 5.41) is 7.12. The minimum Gasteiger partial charge on any atom is -0.318 e. The number of hydrogen-bond donors (Lipinski definition) is 3. The first kappa shape index (κ1) is 21.4. The number of aryl methyl sites for hydroxylation is 1. The number of fused-ring (bicyclic) bond motifs is 3.